The summed E-state index contributed by atoms with van der Waals surface area (Å²) in [5.41, 5.74) is 0.343. The highest BCUT2D eigenvalue weighted by molar-refractivity contribution is 5.71. The van der Waals surface area contributed by atoms with Gasteiger partial charge in [0.25, 0.3) is 11.1 Å². The second kappa shape index (κ2) is 3.95. The zero-order valence-electron chi connectivity index (χ0n) is 9.25. The van der Waals surface area contributed by atoms with Crippen molar-refractivity contribution in [2.24, 2.45) is 0 Å². The molecule has 1 aromatic carbocycles. The van der Waals surface area contributed by atoms with Gasteiger partial charge in [0.05, 0.1) is 6.54 Å². The fourth-order valence-corrected chi connectivity index (χ4v) is 1.79. The summed E-state index contributed by atoms with van der Waals surface area (Å²) in [6.07, 6.45) is 0. The second-order valence-electron chi connectivity index (χ2n) is 3.84. The van der Waals surface area contributed by atoms with Gasteiger partial charge in [-0.15, -0.1) is 5.10 Å². The minimum Gasteiger partial charge on any atom is -0.266 e. The van der Waals surface area contributed by atoms with E-state index in [1.165, 1.54) is 4.68 Å². The van der Waals surface area contributed by atoms with Crippen molar-refractivity contribution in [3.63, 3.8) is 0 Å². The number of nitrogens with one attached hydrogen (secondary N) is 2. The largest absolute Gasteiger partial charge is 0.292 e. The fraction of sp³-hybridized carbons (Fsp3) is 0.0909. The van der Waals surface area contributed by atoms with Crippen LogP contribution in [-0.4, -0.2) is 25.2 Å². The number of fused-ring (bicyclic) bond motifs is 1. The highest BCUT2D eigenvalue weighted by Gasteiger charge is 2.11. The molecule has 3 rings (SSSR count). The molecule has 2 heterocycles. The van der Waals surface area contributed by atoms with Crippen LogP contribution < -0.4 is 11.1 Å². The summed E-state index contributed by atoms with van der Waals surface area (Å²) in [7, 11) is 0. The number of aromatic nitrogens is 5. The van der Waals surface area contributed by atoms with Crippen LogP contribution in [0.15, 0.2) is 39.9 Å². The van der Waals surface area contributed by atoms with Crippen molar-refractivity contribution in [3.8, 4) is 0 Å². The molecule has 0 aliphatic heterocycles. The van der Waals surface area contributed by atoms with Gasteiger partial charge >= 0.3 is 0 Å². The first-order valence-corrected chi connectivity index (χ1v) is 5.34. The Hall–Kier alpha value is -2.70. The van der Waals surface area contributed by atoms with Crippen LogP contribution in [0.25, 0.3) is 11.0 Å². The molecule has 0 saturated carbocycles. The molecule has 0 saturated heterocycles. The van der Waals surface area contributed by atoms with Crippen LogP contribution in [0.5, 0.6) is 0 Å². The van der Waals surface area contributed by atoms with E-state index in [1.54, 1.807) is 0 Å². The normalized spacial score (nSPS) is 10.9. The predicted molar refractivity (Wildman–Crippen MR) is 64.3 cm³/mol. The smallest absolute Gasteiger partial charge is 0.266 e. The van der Waals surface area contributed by atoms with Crippen LogP contribution in [0.4, 0.5) is 0 Å². The number of hydrogen-bond acceptors (Lipinski definition) is 4. The maximum absolute atomic E-state index is 11.7. The van der Waals surface area contributed by atoms with Gasteiger partial charge in [0.1, 0.15) is 0 Å². The Morgan fingerprint density at radius 1 is 1.06 bits per heavy atom. The number of aromatic amines is 2. The topological polar surface area (TPSA) is 96.4 Å². The van der Waals surface area contributed by atoms with Crippen LogP contribution in [0.1, 0.15) is 5.56 Å². The third-order valence-corrected chi connectivity index (χ3v) is 2.63. The molecular formula is C11H9N5O2. The molecule has 18 heavy (non-hydrogen) atoms. The van der Waals surface area contributed by atoms with Crippen LogP contribution >= 0.6 is 0 Å². The van der Waals surface area contributed by atoms with Gasteiger partial charge in [-0.05, 0) is 5.56 Å². The van der Waals surface area contributed by atoms with Crippen LogP contribution in [0, 0.1) is 0 Å². The summed E-state index contributed by atoms with van der Waals surface area (Å²) in [6, 6.07) is 9.52. The molecule has 2 aromatic heterocycles. The van der Waals surface area contributed by atoms with Crippen molar-refractivity contribution in [3.05, 3.63) is 56.6 Å². The molecule has 0 unspecified atom stereocenters. The molecular weight excluding hydrogens is 234 g/mol. The summed E-state index contributed by atoms with van der Waals surface area (Å²) in [5, 5.41) is 12.0. The van der Waals surface area contributed by atoms with Crippen LogP contribution in [0.2, 0.25) is 0 Å². The molecule has 3 aromatic rings. The maximum Gasteiger partial charge on any atom is 0.292 e. The molecule has 0 aliphatic carbocycles. The highest BCUT2D eigenvalue weighted by atomic mass is 16.1. The third kappa shape index (κ3) is 1.61. The van der Waals surface area contributed by atoms with E-state index in [-0.39, 0.29) is 11.0 Å². The third-order valence-electron chi connectivity index (χ3n) is 2.63. The van der Waals surface area contributed by atoms with E-state index in [4.69, 9.17) is 0 Å². The van der Waals surface area contributed by atoms with E-state index in [0.717, 1.165) is 5.56 Å². The molecule has 7 heteroatoms. The minimum absolute atomic E-state index is 0.0506. The van der Waals surface area contributed by atoms with Crippen molar-refractivity contribution < 1.29 is 0 Å². The van der Waals surface area contributed by atoms with E-state index >= 15 is 0 Å². The van der Waals surface area contributed by atoms with Crippen molar-refractivity contribution in [1.82, 2.24) is 25.2 Å². The number of nitrogens with zero attached hydrogens (tertiary/aromatic N) is 3. The van der Waals surface area contributed by atoms with E-state index in [2.05, 4.69) is 20.5 Å². The Bertz CT molecular complexity index is 799. The van der Waals surface area contributed by atoms with Gasteiger partial charge in [-0.3, -0.25) is 19.8 Å². The molecule has 0 fully saturated rings. The molecule has 7 nitrogen and oxygen atoms in total. The summed E-state index contributed by atoms with van der Waals surface area (Å²) < 4.78 is 1.42. The van der Waals surface area contributed by atoms with Gasteiger partial charge < -0.3 is 0 Å². The van der Waals surface area contributed by atoms with Gasteiger partial charge in [-0.1, -0.05) is 35.5 Å². The van der Waals surface area contributed by atoms with Gasteiger partial charge in [0, 0.05) is 0 Å². The number of hydrogen-bond donors (Lipinski definition) is 2. The average molecular weight is 243 g/mol. The molecule has 2 N–H and O–H groups in total. The first-order chi connectivity index (χ1) is 8.75. The van der Waals surface area contributed by atoms with E-state index in [9.17, 15) is 9.59 Å². The van der Waals surface area contributed by atoms with Crippen LogP contribution in [-0.2, 0) is 6.54 Å². The molecule has 0 aliphatic rings. The average Bonchev–Trinajstić information content (AvgIpc) is 2.80. The quantitative estimate of drug-likeness (QED) is 0.654. The summed E-state index contributed by atoms with van der Waals surface area (Å²) in [6.45, 7) is 0.393. The molecule has 0 bridgehead atoms. The zero-order valence-corrected chi connectivity index (χ0v) is 9.25. The Labute approximate surface area is 100 Å². The second-order valence-corrected chi connectivity index (χ2v) is 3.84. The highest BCUT2D eigenvalue weighted by Crippen LogP contribution is 2.05. The molecule has 0 radical (unpaired) electrons. The monoisotopic (exact) mass is 243 g/mol. The lowest BCUT2D eigenvalue weighted by atomic mass is 10.2. The number of rotatable bonds is 2. The van der Waals surface area contributed by atoms with Crippen molar-refractivity contribution in [2.75, 3.05) is 0 Å². The van der Waals surface area contributed by atoms with Gasteiger partial charge in [-0.25, -0.2) is 4.68 Å². The fourth-order valence-electron chi connectivity index (χ4n) is 1.79. The van der Waals surface area contributed by atoms with Gasteiger partial charge in [0.15, 0.2) is 11.0 Å². The minimum atomic E-state index is -0.455. The predicted octanol–water partition coefficient (Wildman–Crippen LogP) is -0.144. The lowest BCUT2D eigenvalue weighted by Gasteiger charge is -2.01. The molecule has 0 spiro atoms. The van der Waals surface area contributed by atoms with Crippen molar-refractivity contribution in [1.29, 1.82) is 0 Å². The van der Waals surface area contributed by atoms with E-state index in [0.29, 0.717) is 6.54 Å². The standard InChI is InChI=1S/C11H9N5O2/c17-10-8-9(11(18)14-13-10)16(15-12-8)6-7-4-2-1-3-5-7/h1-5H,6H2,(H,13,17)(H,14,18). The zero-order chi connectivity index (χ0) is 12.5. The molecule has 0 amide bonds. The SMILES string of the molecule is O=c1[nH][nH]c(=O)c2c1nnn2Cc1ccccc1. The first kappa shape index (κ1) is 10.5. The van der Waals surface area contributed by atoms with Gasteiger partial charge in [-0.2, -0.15) is 0 Å². The number of H-pyrrole nitrogens is 2. The summed E-state index contributed by atoms with van der Waals surface area (Å²) >= 11 is 0. The lowest BCUT2D eigenvalue weighted by molar-refractivity contribution is 0.667. The Morgan fingerprint density at radius 2 is 1.78 bits per heavy atom. The van der Waals surface area contributed by atoms with Crippen molar-refractivity contribution in [2.45, 2.75) is 6.54 Å². The molecule has 0 atom stereocenters. The van der Waals surface area contributed by atoms with Crippen molar-refractivity contribution >= 4 is 11.0 Å². The maximum atomic E-state index is 11.7. The lowest BCUT2D eigenvalue weighted by Crippen LogP contribution is -2.21. The van der Waals surface area contributed by atoms with E-state index < -0.39 is 11.1 Å². The van der Waals surface area contributed by atoms with Gasteiger partial charge in [0.2, 0.25) is 0 Å². The van der Waals surface area contributed by atoms with E-state index in [1.807, 2.05) is 30.3 Å². The summed E-state index contributed by atoms with van der Waals surface area (Å²) in [5.74, 6) is 0. The first-order valence-electron chi connectivity index (χ1n) is 5.34. The Kier molecular flexibility index (Phi) is 2.30. The number of benzene rings is 1. The van der Waals surface area contributed by atoms with Crippen LogP contribution in [0.3, 0.4) is 0 Å². The molecule has 90 valence electrons. The Balaban J connectivity index is 2.17. The Morgan fingerprint density at radius 3 is 2.56 bits per heavy atom. The summed E-state index contributed by atoms with van der Waals surface area (Å²) in [4.78, 5) is 23.1.